The van der Waals surface area contributed by atoms with Crippen molar-refractivity contribution in [1.82, 2.24) is 4.90 Å². The molecule has 5 nitrogen and oxygen atoms in total. The second-order valence-corrected chi connectivity index (χ2v) is 7.53. The minimum atomic E-state index is -0.224. The summed E-state index contributed by atoms with van der Waals surface area (Å²) in [5, 5.41) is 0. The van der Waals surface area contributed by atoms with Crippen LogP contribution in [-0.2, 0) is 9.53 Å². The van der Waals surface area contributed by atoms with Crippen LogP contribution in [0.1, 0.15) is 39.5 Å². The molecule has 1 aromatic carbocycles. The molecule has 144 valence electrons. The highest BCUT2D eigenvalue weighted by atomic mass is 16.6. The zero-order valence-corrected chi connectivity index (χ0v) is 16.4. The number of hydrogen-bond acceptors (Lipinski definition) is 5. The third kappa shape index (κ3) is 3.98. The zero-order valence-electron chi connectivity index (χ0n) is 16.4. The molecular formula is C21H32N2O3. The Balaban J connectivity index is 1.44. The highest BCUT2D eigenvalue weighted by molar-refractivity contribution is 5.78. The van der Waals surface area contributed by atoms with Gasteiger partial charge in [0, 0.05) is 44.8 Å². The quantitative estimate of drug-likeness (QED) is 0.698. The van der Waals surface area contributed by atoms with Crippen molar-refractivity contribution in [2.45, 2.75) is 45.6 Å². The summed E-state index contributed by atoms with van der Waals surface area (Å²) in [6.45, 7) is 9.39. The maximum atomic E-state index is 12.2. The minimum Gasteiger partial charge on any atom is -0.497 e. The molecule has 0 aromatic heterocycles. The first-order chi connectivity index (χ1) is 12.6. The fourth-order valence-electron chi connectivity index (χ4n) is 4.17. The van der Waals surface area contributed by atoms with Gasteiger partial charge < -0.3 is 14.4 Å². The third-order valence-corrected chi connectivity index (χ3v) is 6.26. The fraction of sp³-hybridized carbons (Fsp3) is 0.667. The molecule has 1 aromatic rings. The number of ether oxygens (including phenoxy) is 2. The Morgan fingerprint density at radius 1 is 1.12 bits per heavy atom. The number of rotatable bonds is 7. The van der Waals surface area contributed by atoms with Crippen LogP contribution >= 0.6 is 0 Å². The molecular weight excluding hydrogens is 328 g/mol. The van der Waals surface area contributed by atoms with Crippen molar-refractivity contribution in [1.29, 1.82) is 0 Å². The van der Waals surface area contributed by atoms with Crippen molar-refractivity contribution in [3.63, 3.8) is 0 Å². The van der Waals surface area contributed by atoms with Crippen LogP contribution in [0, 0.1) is 5.41 Å². The zero-order chi connectivity index (χ0) is 18.6. The van der Waals surface area contributed by atoms with E-state index in [0.29, 0.717) is 0 Å². The van der Waals surface area contributed by atoms with Crippen LogP contribution in [0.2, 0.25) is 0 Å². The average Bonchev–Trinajstić information content (AvgIpc) is 3.03. The summed E-state index contributed by atoms with van der Waals surface area (Å²) in [5.41, 5.74) is 1.03. The van der Waals surface area contributed by atoms with Gasteiger partial charge in [-0.25, -0.2) is 0 Å². The van der Waals surface area contributed by atoms with Crippen LogP contribution in [0.3, 0.4) is 0 Å². The molecule has 0 N–H and O–H groups in total. The standard InChI is InChI=1S/C21H32N2O3/c1-4-21(5-2)16-19(26-20(21)24)10-11-22-12-14-23(15-13-22)17-6-8-18(25-3)9-7-17/h6-9,19H,4-5,10-16H2,1-3H3/t19-/m1/s1. The number of anilines is 1. The van der Waals surface area contributed by atoms with Gasteiger partial charge in [-0.15, -0.1) is 0 Å². The van der Waals surface area contributed by atoms with E-state index in [1.165, 1.54) is 5.69 Å². The minimum absolute atomic E-state index is 0.0248. The number of nitrogens with zero attached hydrogens (tertiary/aromatic N) is 2. The highest BCUT2D eigenvalue weighted by Crippen LogP contribution is 2.41. The van der Waals surface area contributed by atoms with Gasteiger partial charge in [0.2, 0.25) is 0 Å². The van der Waals surface area contributed by atoms with Crippen LogP contribution in [0.15, 0.2) is 24.3 Å². The molecule has 1 atom stereocenters. The van der Waals surface area contributed by atoms with E-state index >= 15 is 0 Å². The lowest BCUT2D eigenvalue weighted by Crippen LogP contribution is -2.47. The Hall–Kier alpha value is -1.75. The summed E-state index contributed by atoms with van der Waals surface area (Å²) in [5.74, 6) is 0.922. The molecule has 2 fully saturated rings. The van der Waals surface area contributed by atoms with Crippen LogP contribution < -0.4 is 9.64 Å². The third-order valence-electron chi connectivity index (χ3n) is 6.26. The fourth-order valence-corrected chi connectivity index (χ4v) is 4.17. The van der Waals surface area contributed by atoms with Crippen LogP contribution in [0.25, 0.3) is 0 Å². The molecule has 2 saturated heterocycles. The van der Waals surface area contributed by atoms with Gasteiger partial charge in [0.25, 0.3) is 0 Å². The van der Waals surface area contributed by atoms with Crippen molar-refractivity contribution in [3.8, 4) is 5.75 Å². The molecule has 0 saturated carbocycles. The number of benzene rings is 1. The summed E-state index contributed by atoms with van der Waals surface area (Å²) in [4.78, 5) is 17.1. The SMILES string of the molecule is CCC1(CC)C[C@@H](CCN2CCN(c3ccc(OC)cc3)CC2)OC1=O. The second kappa shape index (κ2) is 8.30. The molecule has 0 unspecified atom stereocenters. The first-order valence-electron chi connectivity index (χ1n) is 9.92. The number of carbonyl (C=O) groups excluding carboxylic acids is 1. The lowest BCUT2D eigenvalue weighted by molar-refractivity contribution is -0.149. The highest BCUT2D eigenvalue weighted by Gasteiger charge is 2.46. The summed E-state index contributed by atoms with van der Waals surface area (Å²) in [6, 6.07) is 8.29. The van der Waals surface area contributed by atoms with Gasteiger partial charge >= 0.3 is 5.97 Å². The summed E-state index contributed by atoms with van der Waals surface area (Å²) < 4.78 is 10.9. The maximum Gasteiger partial charge on any atom is 0.312 e. The van der Waals surface area contributed by atoms with Crippen LogP contribution in [0.4, 0.5) is 5.69 Å². The summed E-state index contributed by atoms with van der Waals surface area (Å²) >= 11 is 0. The molecule has 0 bridgehead atoms. The molecule has 0 amide bonds. The Labute approximate surface area is 157 Å². The van der Waals surface area contributed by atoms with E-state index in [1.54, 1.807) is 7.11 Å². The van der Waals surface area contributed by atoms with Gasteiger partial charge in [-0.05, 0) is 43.5 Å². The molecule has 5 heteroatoms. The molecule has 2 aliphatic heterocycles. The predicted octanol–water partition coefficient (Wildman–Crippen LogP) is 3.33. The molecule has 2 heterocycles. The smallest absolute Gasteiger partial charge is 0.312 e. The van der Waals surface area contributed by atoms with E-state index in [-0.39, 0.29) is 17.5 Å². The van der Waals surface area contributed by atoms with Gasteiger partial charge in [-0.1, -0.05) is 13.8 Å². The molecule has 0 radical (unpaired) electrons. The van der Waals surface area contributed by atoms with Crippen molar-refractivity contribution < 1.29 is 14.3 Å². The number of piperazine rings is 1. The van der Waals surface area contributed by atoms with E-state index in [1.807, 2.05) is 12.1 Å². The van der Waals surface area contributed by atoms with Gasteiger partial charge in [0.1, 0.15) is 11.9 Å². The summed E-state index contributed by atoms with van der Waals surface area (Å²) in [7, 11) is 1.69. The molecule has 0 spiro atoms. The Bertz CT molecular complexity index is 590. The van der Waals surface area contributed by atoms with Gasteiger partial charge in [0.05, 0.1) is 12.5 Å². The van der Waals surface area contributed by atoms with E-state index in [9.17, 15) is 4.79 Å². The van der Waals surface area contributed by atoms with E-state index in [0.717, 1.165) is 64.2 Å². The monoisotopic (exact) mass is 360 g/mol. The summed E-state index contributed by atoms with van der Waals surface area (Å²) in [6.07, 6.45) is 3.72. The molecule has 3 rings (SSSR count). The van der Waals surface area contributed by atoms with E-state index < -0.39 is 0 Å². The van der Waals surface area contributed by atoms with Crippen molar-refractivity contribution in [2.75, 3.05) is 44.7 Å². The van der Waals surface area contributed by atoms with E-state index in [2.05, 4.69) is 35.8 Å². The lowest BCUT2D eigenvalue weighted by Gasteiger charge is -2.36. The predicted molar refractivity (Wildman–Crippen MR) is 104 cm³/mol. The number of carbonyl (C=O) groups is 1. The first kappa shape index (κ1) is 19.0. The van der Waals surface area contributed by atoms with Crippen molar-refractivity contribution in [3.05, 3.63) is 24.3 Å². The van der Waals surface area contributed by atoms with Gasteiger partial charge in [0.15, 0.2) is 0 Å². The van der Waals surface area contributed by atoms with Gasteiger partial charge in [-0.2, -0.15) is 0 Å². The van der Waals surface area contributed by atoms with Crippen molar-refractivity contribution >= 4 is 11.7 Å². The molecule has 2 aliphatic rings. The first-order valence-corrected chi connectivity index (χ1v) is 9.92. The van der Waals surface area contributed by atoms with Crippen LogP contribution in [0.5, 0.6) is 5.75 Å². The lowest BCUT2D eigenvalue weighted by atomic mass is 9.79. The Morgan fingerprint density at radius 2 is 1.77 bits per heavy atom. The molecule has 0 aliphatic carbocycles. The van der Waals surface area contributed by atoms with Gasteiger partial charge in [-0.3, -0.25) is 9.69 Å². The second-order valence-electron chi connectivity index (χ2n) is 7.53. The van der Waals surface area contributed by atoms with Crippen LogP contribution in [-0.4, -0.2) is 56.8 Å². The number of esters is 1. The largest absolute Gasteiger partial charge is 0.497 e. The number of hydrogen-bond donors (Lipinski definition) is 0. The average molecular weight is 360 g/mol. The number of cyclic esters (lactones) is 1. The van der Waals surface area contributed by atoms with E-state index in [4.69, 9.17) is 9.47 Å². The molecule has 26 heavy (non-hydrogen) atoms. The Kier molecular flexibility index (Phi) is 6.07. The Morgan fingerprint density at radius 3 is 2.31 bits per heavy atom. The number of methoxy groups -OCH3 is 1. The van der Waals surface area contributed by atoms with Crippen molar-refractivity contribution in [2.24, 2.45) is 5.41 Å². The maximum absolute atomic E-state index is 12.2. The topological polar surface area (TPSA) is 42.0 Å². The normalized spacial score (nSPS) is 23.1.